The molecule has 3 rings (SSSR count). The Hall–Kier alpha value is -2.34. The van der Waals surface area contributed by atoms with Crippen molar-refractivity contribution in [3.8, 4) is 11.5 Å². The van der Waals surface area contributed by atoms with Crippen molar-refractivity contribution < 1.29 is 9.47 Å². The first-order valence-electron chi connectivity index (χ1n) is 8.89. The largest absolute Gasteiger partial charge is 0.497 e. The number of benzene rings is 1. The zero-order valence-electron chi connectivity index (χ0n) is 14.7. The van der Waals surface area contributed by atoms with E-state index >= 15 is 0 Å². The molecule has 2 aromatic rings. The molecule has 6 nitrogen and oxygen atoms in total. The van der Waals surface area contributed by atoms with Crippen LogP contribution in [0.2, 0.25) is 0 Å². The average Bonchev–Trinajstić information content (AvgIpc) is 3.14. The van der Waals surface area contributed by atoms with Crippen molar-refractivity contribution in [3.63, 3.8) is 0 Å². The number of ether oxygens (including phenoxy) is 2. The van der Waals surface area contributed by atoms with Crippen molar-refractivity contribution in [2.45, 2.75) is 25.3 Å². The number of hydrogen-bond acceptors (Lipinski definition) is 6. The molecular formula is C19H26N4O2. The van der Waals surface area contributed by atoms with Crippen LogP contribution in [0, 0.1) is 0 Å². The number of rotatable bonds is 9. The van der Waals surface area contributed by atoms with Gasteiger partial charge in [-0.1, -0.05) is 0 Å². The minimum absolute atomic E-state index is 0.499. The van der Waals surface area contributed by atoms with Crippen LogP contribution in [0.3, 0.4) is 0 Å². The predicted octanol–water partition coefficient (Wildman–Crippen LogP) is 2.51. The molecule has 1 N–H and O–H groups in total. The Morgan fingerprint density at radius 3 is 2.80 bits per heavy atom. The van der Waals surface area contributed by atoms with Crippen molar-refractivity contribution in [3.05, 3.63) is 42.6 Å². The maximum Gasteiger partial charge on any atom is 0.151 e. The van der Waals surface area contributed by atoms with Gasteiger partial charge in [-0.05, 0) is 62.2 Å². The normalized spacial score (nSPS) is 16.8. The fraction of sp³-hybridized carbons (Fsp3) is 0.474. The van der Waals surface area contributed by atoms with Crippen molar-refractivity contribution in [1.82, 2.24) is 15.5 Å². The van der Waals surface area contributed by atoms with Crippen LogP contribution >= 0.6 is 0 Å². The molecule has 1 aromatic carbocycles. The molecule has 1 aliphatic rings. The van der Waals surface area contributed by atoms with Gasteiger partial charge in [0.2, 0.25) is 0 Å². The van der Waals surface area contributed by atoms with Gasteiger partial charge >= 0.3 is 0 Å². The van der Waals surface area contributed by atoms with Gasteiger partial charge in [-0.25, -0.2) is 0 Å². The van der Waals surface area contributed by atoms with Gasteiger partial charge in [0.1, 0.15) is 11.5 Å². The zero-order chi connectivity index (χ0) is 17.3. The Morgan fingerprint density at radius 2 is 2.04 bits per heavy atom. The highest BCUT2D eigenvalue weighted by Gasteiger charge is 2.25. The molecule has 0 radical (unpaired) electrons. The van der Waals surface area contributed by atoms with Crippen molar-refractivity contribution in [2.24, 2.45) is 0 Å². The number of nitrogens with zero attached hydrogens (tertiary/aromatic N) is 3. The average molecular weight is 342 g/mol. The Labute approximate surface area is 149 Å². The second-order valence-electron chi connectivity index (χ2n) is 6.15. The molecule has 0 bridgehead atoms. The predicted molar refractivity (Wildman–Crippen MR) is 98.4 cm³/mol. The van der Waals surface area contributed by atoms with Crippen molar-refractivity contribution >= 4 is 5.82 Å². The van der Waals surface area contributed by atoms with Gasteiger partial charge in [-0.3, -0.25) is 0 Å². The van der Waals surface area contributed by atoms with Gasteiger partial charge in [0.25, 0.3) is 0 Å². The molecule has 0 aliphatic carbocycles. The van der Waals surface area contributed by atoms with Gasteiger partial charge < -0.3 is 19.7 Å². The van der Waals surface area contributed by atoms with Gasteiger partial charge in [-0.15, -0.1) is 5.10 Å². The summed E-state index contributed by atoms with van der Waals surface area (Å²) in [7, 11) is 1.66. The van der Waals surface area contributed by atoms with Crippen LogP contribution in [-0.4, -0.2) is 49.6 Å². The lowest BCUT2D eigenvalue weighted by molar-refractivity contribution is 0.307. The number of methoxy groups -OCH3 is 1. The van der Waals surface area contributed by atoms with Gasteiger partial charge in [0.05, 0.1) is 13.7 Å². The lowest BCUT2D eigenvalue weighted by Crippen LogP contribution is -2.39. The molecular weight excluding hydrogens is 316 g/mol. The van der Waals surface area contributed by atoms with E-state index in [1.807, 2.05) is 36.4 Å². The molecule has 1 aromatic heterocycles. The summed E-state index contributed by atoms with van der Waals surface area (Å²) in [5.41, 5.74) is 0. The second-order valence-corrected chi connectivity index (χ2v) is 6.15. The van der Waals surface area contributed by atoms with Crippen LogP contribution in [0.1, 0.15) is 19.3 Å². The summed E-state index contributed by atoms with van der Waals surface area (Å²) in [4.78, 5) is 2.36. The minimum Gasteiger partial charge on any atom is -0.497 e. The smallest absolute Gasteiger partial charge is 0.151 e. The molecule has 0 saturated carbocycles. The maximum absolute atomic E-state index is 5.74. The molecule has 1 saturated heterocycles. The number of nitrogens with one attached hydrogen (secondary N) is 1. The van der Waals surface area contributed by atoms with E-state index in [9.17, 15) is 0 Å². The Kier molecular flexibility index (Phi) is 6.45. The summed E-state index contributed by atoms with van der Waals surface area (Å²) in [6.45, 7) is 3.68. The van der Waals surface area contributed by atoms with Crippen LogP contribution in [-0.2, 0) is 0 Å². The number of hydrogen-bond donors (Lipinski definition) is 1. The highest BCUT2D eigenvalue weighted by molar-refractivity contribution is 5.39. The quantitative estimate of drug-likeness (QED) is 0.707. The zero-order valence-corrected chi connectivity index (χ0v) is 14.7. The number of aromatic nitrogens is 2. The van der Waals surface area contributed by atoms with E-state index in [1.165, 1.54) is 12.8 Å². The topological polar surface area (TPSA) is 59.5 Å². The molecule has 25 heavy (non-hydrogen) atoms. The van der Waals surface area contributed by atoms with E-state index in [4.69, 9.17) is 9.47 Å². The maximum atomic E-state index is 5.74. The molecule has 0 unspecified atom stereocenters. The highest BCUT2D eigenvalue weighted by Crippen LogP contribution is 2.22. The summed E-state index contributed by atoms with van der Waals surface area (Å²) in [6, 6.07) is 12.2. The SMILES string of the molecule is COc1ccc(OCCCNC[C@@H]2CCCN2c2cccnn2)cc1. The fourth-order valence-corrected chi connectivity index (χ4v) is 3.12. The van der Waals surface area contributed by atoms with Crippen LogP contribution in [0.15, 0.2) is 42.6 Å². The van der Waals surface area contributed by atoms with E-state index in [0.717, 1.165) is 43.4 Å². The number of anilines is 1. The van der Waals surface area contributed by atoms with Crippen LogP contribution in [0.25, 0.3) is 0 Å². The summed E-state index contributed by atoms with van der Waals surface area (Å²) >= 11 is 0. The standard InChI is InChI=1S/C19H26N4O2/c1-24-17-7-9-18(10-8-17)25-14-4-11-20-15-16-5-3-13-23(16)19-6-2-12-21-22-19/h2,6-10,12,16,20H,3-5,11,13-15H2,1H3/t16-/m0/s1. The van der Waals surface area contributed by atoms with Crippen molar-refractivity contribution in [1.29, 1.82) is 0 Å². The minimum atomic E-state index is 0.499. The van der Waals surface area contributed by atoms with E-state index in [-0.39, 0.29) is 0 Å². The van der Waals surface area contributed by atoms with E-state index < -0.39 is 0 Å². The van der Waals surface area contributed by atoms with Gasteiger partial charge in [0.15, 0.2) is 5.82 Å². The Bertz CT molecular complexity index is 621. The summed E-state index contributed by atoms with van der Waals surface area (Å²) in [6.07, 6.45) is 5.11. The van der Waals surface area contributed by atoms with Gasteiger partial charge in [0, 0.05) is 25.3 Å². The highest BCUT2D eigenvalue weighted by atomic mass is 16.5. The van der Waals surface area contributed by atoms with Crippen LogP contribution < -0.4 is 19.7 Å². The third kappa shape index (κ3) is 5.06. The molecule has 0 amide bonds. The molecule has 134 valence electrons. The Morgan fingerprint density at radius 1 is 1.20 bits per heavy atom. The first kappa shape index (κ1) is 17.5. The summed E-state index contributed by atoms with van der Waals surface area (Å²) in [5, 5.41) is 11.8. The van der Waals surface area contributed by atoms with E-state index in [2.05, 4.69) is 20.4 Å². The fourth-order valence-electron chi connectivity index (χ4n) is 3.12. The molecule has 1 atom stereocenters. The van der Waals surface area contributed by atoms with Crippen molar-refractivity contribution in [2.75, 3.05) is 38.3 Å². The summed E-state index contributed by atoms with van der Waals surface area (Å²) in [5.74, 6) is 2.71. The third-order valence-corrected chi connectivity index (χ3v) is 4.44. The van der Waals surface area contributed by atoms with E-state index in [0.29, 0.717) is 12.6 Å². The second kappa shape index (κ2) is 9.22. The lowest BCUT2D eigenvalue weighted by Gasteiger charge is -2.25. The van der Waals surface area contributed by atoms with Gasteiger partial charge in [-0.2, -0.15) is 5.10 Å². The first-order valence-corrected chi connectivity index (χ1v) is 8.89. The molecule has 1 fully saturated rings. The first-order chi connectivity index (χ1) is 12.4. The summed E-state index contributed by atoms with van der Waals surface area (Å²) < 4.78 is 10.9. The molecule has 6 heteroatoms. The molecule has 1 aliphatic heterocycles. The molecule has 2 heterocycles. The molecule has 0 spiro atoms. The Balaban J connectivity index is 1.33. The van der Waals surface area contributed by atoms with Crippen LogP contribution in [0.4, 0.5) is 5.82 Å². The lowest BCUT2D eigenvalue weighted by atomic mass is 10.2. The van der Waals surface area contributed by atoms with Crippen LogP contribution in [0.5, 0.6) is 11.5 Å². The van der Waals surface area contributed by atoms with E-state index in [1.54, 1.807) is 13.3 Å². The monoisotopic (exact) mass is 342 g/mol. The third-order valence-electron chi connectivity index (χ3n) is 4.44.